The van der Waals surface area contributed by atoms with Crippen LogP contribution in [0.2, 0.25) is 0 Å². The summed E-state index contributed by atoms with van der Waals surface area (Å²) < 4.78 is 5.51. The van der Waals surface area contributed by atoms with Crippen molar-refractivity contribution in [2.45, 2.75) is 18.9 Å². The molecule has 0 spiro atoms. The molecule has 1 saturated heterocycles. The first kappa shape index (κ1) is 8.97. The quantitative estimate of drug-likeness (QED) is 0.620. The van der Waals surface area contributed by atoms with E-state index in [0.717, 1.165) is 32.5 Å². The van der Waals surface area contributed by atoms with Crippen LogP contribution in [0.5, 0.6) is 0 Å². The lowest BCUT2D eigenvalue weighted by Gasteiger charge is -2.12. The highest BCUT2D eigenvalue weighted by molar-refractivity contribution is 4.65. The summed E-state index contributed by atoms with van der Waals surface area (Å²) in [5, 5.41) is 8.68. The van der Waals surface area contributed by atoms with Crippen molar-refractivity contribution in [3.05, 3.63) is 0 Å². The van der Waals surface area contributed by atoms with Gasteiger partial charge in [0.1, 0.15) is 0 Å². The Labute approximate surface area is 68.0 Å². The molecular weight excluding hydrogens is 142 g/mol. The van der Waals surface area contributed by atoms with E-state index in [9.17, 15) is 0 Å². The molecule has 0 aliphatic carbocycles. The summed E-state index contributed by atoms with van der Waals surface area (Å²) in [7, 11) is 2.10. The van der Waals surface area contributed by atoms with Crippen LogP contribution >= 0.6 is 0 Å². The number of likely N-dealkylation sites (N-methyl/N-ethyl adjacent to an activating group) is 1. The number of hydrogen-bond donors (Lipinski definition) is 1. The molecule has 0 aromatic carbocycles. The van der Waals surface area contributed by atoms with Gasteiger partial charge in [0, 0.05) is 19.7 Å². The van der Waals surface area contributed by atoms with Gasteiger partial charge < -0.3 is 14.7 Å². The molecule has 66 valence electrons. The maximum absolute atomic E-state index is 8.68. The van der Waals surface area contributed by atoms with E-state index in [1.165, 1.54) is 0 Å². The minimum atomic E-state index is 0.244. The topological polar surface area (TPSA) is 32.7 Å². The van der Waals surface area contributed by atoms with Crippen molar-refractivity contribution in [2.24, 2.45) is 0 Å². The van der Waals surface area contributed by atoms with Crippen molar-refractivity contribution < 1.29 is 9.84 Å². The van der Waals surface area contributed by atoms with Crippen LogP contribution < -0.4 is 0 Å². The van der Waals surface area contributed by atoms with Crippen LogP contribution in [-0.2, 0) is 4.74 Å². The van der Waals surface area contributed by atoms with Gasteiger partial charge in [0.05, 0.1) is 12.7 Å². The Balaban J connectivity index is 2.22. The standard InChI is InChI=1S/C8H17NO2/c1-9-4-2-8(3-6-10)11-7-5-9/h8,10H,2-7H2,1H3. The molecule has 0 radical (unpaired) electrons. The van der Waals surface area contributed by atoms with E-state index in [0.29, 0.717) is 0 Å². The summed E-state index contributed by atoms with van der Waals surface area (Å²) in [6, 6.07) is 0. The van der Waals surface area contributed by atoms with Gasteiger partial charge in [-0.15, -0.1) is 0 Å². The second kappa shape index (κ2) is 4.70. The molecule has 1 N–H and O–H groups in total. The summed E-state index contributed by atoms with van der Waals surface area (Å²) in [6.07, 6.45) is 2.12. The lowest BCUT2D eigenvalue weighted by atomic mass is 10.2. The van der Waals surface area contributed by atoms with E-state index in [1.807, 2.05) is 0 Å². The number of aliphatic hydroxyl groups is 1. The van der Waals surface area contributed by atoms with E-state index in [1.54, 1.807) is 0 Å². The predicted octanol–water partition coefficient (Wildman–Crippen LogP) is 0.0895. The first-order valence-corrected chi connectivity index (χ1v) is 4.24. The Morgan fingerprint density at radius 3 is 3.09 bits per heavy atom. The van der Waals surface area contributed by atoms with Crippen molar-refractivity contribution in [1.29, 1.82) is 0 Å². The third kappa shape index (κ3) is 3.18. The van der Waals surface area contributed by atoms with Gasteiger partial charge in [-0.05, 0) is 19.9 Å². The van der Waals surface area contributed by atoms with Crippen LogP contribution in [0.4, 0.5) is 0 Å². The minimum Gasteiger partial charge on any atom is -0.396 e. The van der Waals surface area contributed by atoms with Gasteiger partial charge in [0.2, 0.25) is 0 Å². The van der Waals surface area contributed by atoms with E-state index in [2.05, 4.69) is 11.9 Å². The zero-order chi connectivity index (χ0) is 8.10. The molecule has 3 nitrogen and oxygen atoms in total. The van der Waals surface area contributed by atoms with E-state index in [4.69, 9.17) is 9.84 Å². The molecule has 1 fully saturated rings. The summed E-state index contributed by atoms with van der Waals surface area (Å²) in [5.74, 6) is 0. The van der Waals surface area contributed by atoms with Crippen LogP contribution in [-0.4, -0.2) is 49.5 Å². The monoisotopic (exact) mass is 159 g/mol. The normalized spacial score (nSPS) is 28.4. The maximum atomic E-state index is 8.68. The lowest BCUT2D eigenvalue weighted by molar-refractivity contribution is 0.0446. The smallest absolute Gasteiger partial charge is 0.0609 e. The highest BCUT2D eigenvalue weighted by Gasteiger charge is 2.13. The lowest BCUT2D eigenvalue weighted by Crippen LogP contribution is -2.20. The summed E-state index contributed by atoms with van der Waals surface area (Å²) in [6.45, 7) is 3.15. The molecule has 1 rings (SSSR count). The molecule has 1 aliphatic rings. The molecule has 1 unspecified atom stereocenters. The van der Waals surface area contributed by atoms with Gasteiger partial charge in [-0.3, -0.25) is 0 Å². The van der Waals surface area contributed by atoms with Crippen LogP contribution in [0.1, 0.15) is 12.8 Å². The number of hydrogen-bond acceptors (Lipinski definition) is 3. The number of rotatable bonds is 2. The molecule has 0 aromatic rings. The first-order chi connectivity index (χ1) is 5.33. The van der Waals surface area contributed by atoms with E-state index < -0.39 is 0 Å². The molecular formula is C8H17NO2. The third-order valence-electron chi connectivity index (χ3n) is 2.11. The maximum Gasteiger partial charge on any atom is 0.0609 e. The van der Waals surface area contributed by atoms with E-state index >= 15 is 0 Å². The largest absolute Gasteiger partial charge is 0.396 e. The highest BCUT2D eigenvalue weighted by Crippen LogP contribution is 2.08. The Kier molecular flexibility index (Phi) is 3.83. The fourth-order valence-corrected chi connectivity index (χ4v) is 1.31. The molecule has 0 saturated carbocycles. The zero-order valence-corrected chi connectivity index (χ0v) is 7.12. The van der Waals surface area contributed by atoms with Gasteiger partial charge in [0.15, 0.2) is 0 Å². The average molecular weight is 159 g/mol. The Morgan fingerprint density at radius 1 is 1.55 bits per heavy atom. The van der Waals surface area contributed by atoms with Crippen molar-refractivity contribution >= 4 is 0 Å². The number of aliphatic hydroxyl groups excluding tert-OH is 1. The summed E-state index contributed by atoms with van der Waals surface area (Å²) in [5.41, 5.74) is 0. The average Bonchev–Trinajstić information content (AvgIpc) is 2.17. The SMILES string of the molecule is CN1CCOC(CCO)CC1. The van der Waals surface area contributed by atoms with Crippen molar-refractivity contribution in [3.63, 3.8) is 0 Å². The van der Waals surface area contributed by atoms with Gasteiger partial charge in [-0.25, -0.2) is 0 Å². The summed E-state index contributed by atoms with van der Waals surface area (Å²) >= 11 is 0. The molecule has 11 heavy (non-hydrogen) atoms. The number of ether oxygens (including phenoxy) is 1. The van der Waals surface area contributed by atoms with Crippen LogP contribution in [0.15, 0.2) is 0 Å². The predicted molar refractivity (Wildman–Crippen MR) is 43.6 cm³/mol. The molecule has 3 heteroatoms. The Hall–Kier alpha value is -0.120. The van der Waals surface area contributed by atoms with Crippen LogP contribution in [0, 0.1) is 0 Å². The molecule has 0 bridgehead atoms. The van der Waals surface area contributed by atoms with E-state index in [-0.39, 0.29) is 12.7 Å². The molecule has 0 amide bonds. The summed E-state index contributed by atoms with van der Waals surface area (Å²) in [4.78, 5) is 2.26. The first-order valence-electron chi connectivity index (χ1n) is 4.24. The number of nitrogens with zero attached hydrogens (tertiary/aromatic N) is 1. The van der Waals surface area contributed by atoms with Crippen molar-refractivity contribution in [3.8, 4) is 0 Å². The van der Waals surface area contributed by atoms with Gasteiger partial charge in [-0.2, -0.15) is 0 Å². The fraction of sp³-hybridized carbons (Fsp3) is 1.00. The molecule has 1 atom stereocenters. The van der Waals surface area contributed by atoms with Gasteiger partial charge in [0.25, 0.3) is 0 Å². The Bertz CT molecular complexity index is 108. The fourth-order valence-electron chi connectivity index (χ4n) is 1.31. The van der Waals surface area contributed by atoms with Crippen LogP contribution in [0.3, 0.4) is 0 Å². The third-order valence-corrected chi connectivity index (χ3v) is 2.11. The highest BCUT2D eigenvalue weighted by atomic mass is 16.5. The Morgan fingerprint density at radius 2 is 2.36 bits per heavy atom. The van der Waals surface area contributed by atoms with Gasteiger partial charge in [-0.1, -0.05) is 0 Å². The zero-order valence-electron chi connectivity index (χ0n) is 7.12. The second-order valence-corrected chi connectivity index (χ2v) is 3.10. The van der Waals surface area contributed by atoms with Gasteiger partial charge >= 0.3 is 0 Å². The van der Waals surface area contributed by atoms with Crippen molar-refractivity contribution in [1.82, 2.24) is 4.90 Å². The molecule has 1 heterocycles. The second-order valence-electron chi connectivity index (χ2n) is 3.10. The molecule has 1 aliphatic heterocycles. The molecule has 0 aromatic heterocycles. The minimum absolute atomic E-state index is 0.244. The van der Waals surface area contributed by atoms with Crippen LogP contribution in [0.25, 0.3) is 0 Å². The van der Waals surface area contributed by atoms with Crippen molar-refractivity contribution in [2.75, 3.05) is 33.4 Å².